The van der Waals surface area contributed by atoms with Crippen LogP contribution in [0, 0.1) is 0 Å². The molecule has 0 aliphatic heterocycles. The molecule has 0 spiro atoms. The van der Waals surface area contributed by atoms with Crippen LogP contribution in [-0.2, 0) is 0 Å². The van der Waals surface area contributed by atoms with Crippen LogP contribution in [0.4, 0.5) is 0 Å². The second-order valence-electron chi connectivity index (χ2n) is 11.6. The van der Waals surface area contributed by atoms with Gasteiger partial charge in [-0.1, -0.05) is 36.4 Å². The lowest BCUT2D eigenvalue weighted by atomic mass is 10.1. The van der Waals surface area contributed by atoms with Crippen molar-refractivity contribution in [3.05, 3.63) is 165 Å². The third-order valence-corrected chi connectivity index (χ3v) is 8.40. The molecule has 50 heavy (non-hydrogen) atoms. The van der Waals surface area contributed by atoms with Crippen LogP contribution in [0.1, 0.15) is 0 Å². The van der Waals surface area contributed by atoms with Crippen molar-refractivity contribution in [3.63, 3.8) is 0 Å². The van der Waals surface area contributed by atoms with Gasteiger partial charge >= 0.3 is 0 Å². The minimum Gasteiger partial charge on any atom is -0.457 e. The first-order chi connectivity index (χ1) is 24.7. The second kappa shape index (κ2) is 12.5. The summed E-state index contributed by atoms with van der Waals surface area (Å²) < 4.78 is 16.8. The average Bonchev–Trinajstić information content (AvgIpc) is 3.83. The SMILES string of the molecule is c1ccc(-c2cccc(Oc3ccc4c5ccc(Oc6cccc(-c7ccccn7)c6)cc5n(-c5ncc(-n6ccnc6)cn5)c4c3)c2)nc1. The first-order valence-corrected chi connectivity index (χ1v) is 16.0. The van der Waals surface area contributed by atoms with Crippen LogP contribution < -0.4 is 9.47 Å². The van der Waals surface area contributed by atoms with E-state index >= 15 is 0 Å². The minimum atomic E-state index is 0.512. The molecule has 4 aromatic carbocycles. The molecule has 0 aliphatic rings. The zero-order valence-electron chi connectivity index (χ0n) is 26.5. The smallest absolute Gasteiger partial charge is 0.234 e. The van der Waals surface area contributed by atoms with Gasteiger partial charge in [0.05, 0.1) is 46.8 Å². The van der Waals surface area contributed by atoms with E-state index in [1.807, 2.05) is 125 Å². The molecule has 9 rings (SSSR count). The lowest BCUT2D eigenvalue weighted by Crippen LogP contribution is -2.02. The number of fused-ring (bicyclic) bond motifs is 3. The highest BCUT2D eigenvalue weighted by atomic mass is 16.5. The van der Waals surface area contributed by atoms with E-state index in [0.29, 0.717) is 28.9 Å². The van der Waals surface area contributed by atoms with E-state index in [1.54, 1.807) is 37.3 Å². The van der Waals surface area contributed by atoms with E-state index in [0.717, 1.165) is 50.0 Å². The number of pyridine rings is 2. The van der Waals surface area contributed by atoms with Crippen molar-refractivity contribution in [2.75, 3.05) is 0 Å². The van der Waals surface area contributed by atoms with Gasteiger partial charge < -0.3 is 14.0 Å². The molecule has 9 aromatic rings. The van der Waals surface area contributed by atoms with Gasteiger partial charge in [-0.05, 0) is 72.8 Å². The first kappa shape index (κ1) is 29.0. The van der Waals surface area contributed by atoms with Gasteiger partial charge in [0, 0.05) is 58.8 Å². The number of ether oxygens (including phenoxy) is 2. The van der Waals surface area contributed by atoms with Crippen molar-refractivity contribution in [1.29, 1.82) is 0 Å². The Bertz CT molecular complexity index is 2440. The Balaban J connectivity index is 1.13. The molecule has 0 atom stereocenters. The minimum absolute atomic E-state index is 0.512. The predicted molar refractivity (Wildman–Crippen MR) is 193 cm³/mol. The molecule has 238 valence electrons. The Kier molecular flexibility index (Phi) is 7.25. The molecule has 9 heteroatoms. The largest absolute Gasteiger partial charge is 0.457 e. The molecule has 0 saturated heterocycles. The van der Waals surface area contributed by atoms with Crippen LogP contribution in [0.25, 0.3) is 56.0 Å². The van der Waals surface area contributed by atoms with Crippen molar-refractivity contribution in [2.45, 2.75) is 0 Å². The van der Waals surface area contributed by atoms with Gasteiger partial charge in [-0.2, -0.15) is 0 Å². The van der Waals surface area contributed by atoms with E-state index in [-0.39, 0.29) is 0 Å². The molecular formula is C41H27N7O2. The molecule has 0 amide bonds. The van der Waals surface area contributed by atoms with Crippen LogP contribution in [0.5, 0.6) is 23.0 Å². The van der Waals surface area contributed by atoms with E-state index < -0.39 is 0 Å². The number of hydrogen-bond donors (Lipinski definition) is 0. The fourth-order valence-electron chi connectivity index (χ4n) is 6.07. The highest BCUT2D eigenvalue weighted by Crippen LogP contribution is 2.38. The highest BCUT2D eigenvalue weighted by Gasteiger charge is 2.17. The molecule has 0 aliphatic carbocycles. The highest BCUT2D eigenvalue weighted by molar-refractivity contribution is 6.09. The van der Waals surface area contributed by atoms with Gasteiger partial charge in [-0.15, -0.1) is 0 Å². The molecule has 5 aromatic heterocycles. The molecule has 0 bridgehead atoms. The predicted octanol–water partition coefficient (Wildman–Crippen LogP) is 9.47. The monoisotopic (exact) mass is 649 g/mol. The fourth-order valence-corrected chi connectivity index (χ4v) is 6.07. The molecule has 0 fully saturated rings. The summed E-state index contributed by atoms with van der Waals surface area (Å²) in [5, 5.41) is 2.06. The maximum absolute atomic E-state index is 6.43. The lowest BCUT2D eigenvalue weighted by molar-refractivity contribution is 0.483. The third kappa shape index (κ3) is 5.58. The van der Waals surface area contributed by atoms with Crippen LogP contribution in [0.3, 0.4) is 0 Å². The van der Waals surface area contributed by atoms with Crippen molar-refractivity contribution < 1.29 is 9.47 Å². The molecule has 0 radical (unpaired) electrons. The summed E-state index contributed by atoms with van der Waals surface area (Å²) in [6.45, 7) is 0. The van der Waals surface area contributed by atoms with Gasteiger partial charge in [0.15, 0.2) is 0 Å². The number of nitrogens with zero attached hydrogens (tertiary/aromatic N) is 7. The number of imidazole rings is 1. The van der Waals surface area contributed by atoms with Crippen LogP contribution in [0.15, 0.2) is 165 Å². The fraction of sp³-hybridized carbons (Fsp3) is 0. The van der Waals surface area contributed by atoms with Crippen LogP contribution >= 0.6 is 0 Å². The van der Waals surface area contributed by atoms with Crippen LogP contribution in [-0.4, -0.2) is 34.1 Å². The molecule has 5 heterocycles. The Hall–Kier alpha value is -7.13. The van der Waals surface area contributed by atoms with E-state index in [1.165, 1.54) is 0 Å². The zero-order chi connectivity index (χ0) is 33.3. The van der Waals surface area contributed by atoms with Gasteiger partial charge in [0.2, 0.25) is 5.95 Å². The number of hydrogen-bond acceptors (Lipinski definition) is 7. The van der Waals surface area contributed by atoms with Crippen molar-refractivity contribution in [1.82, 2.24) is 34.1 Å². The second-order valence-corrected chi connectivity index (χ2v) is 11.6. The topological polar surface area (TPSA) is 92.8 Å². The van der Waals surface area contributed by atoms with Gasteiger partial charge in [-0.25, -0.2) is 15.0 Å². The molecule has 9 nitrogen and oxygen atoms in total. The van der Waals surface area contributed by atoms with Gasteiger partial charge in [0.25, 0.3) is 0 Å². The third-order valence-electron chi connectivity index (χ3n) is 8.40. The summed E-state index contributed by atoms with van der Waals surface area (Å²) in [6, 6.07) is 39.7. The summed E-state index contributed by atoms with van der Waals surface area (Å²) in [6.07, 6.45) is 12.4. The normalized spacial score (nSPS) is 11.2. The lowest BCUT2D eigenvalue weighted by Gasteiger charge is -2.11. The summed E-state index contributed by atoms with van der Waals surface area (Å²) in [7, 11) is 0. The Morgan fingerprint density at radius 2 is 1.04 bits per heavy atom. The standard InChI is InChI=1S/C41H27N7O2/c1-3-17-43-37(11-1)28-7-5-9-31(21-28)49-33-13-15-35-36-16-14-34(50-32-10-6-8-29(22-32)38-12-2-4-18-44-38)24-40(36)48(39(35)23-33)41-45-25-30(26-46-41)47-20-19-42-27-47/h1-27H. The quantitative estimate of drug-likeness (QED) is 0.162. The number of aromatic nitrogens is 7. The summed E-state index contributed by atoms with van der Waals surface area (Å²) in [5.41, 5.74) is 6.30. The summed E-state index contributed by atoms with van der Waals surface area (Å²) in [5.74, 6) is 3.28. The molecule has 0 saturated carbocycles. The Morgan fingerprint density at radius 1 is 0.480 bits per heavy atom. The van der Waals surface area contributed by atoms with E-state index in [2.05, 4.69) is 27.1 Å². The Labute approximate surface area is 286 Å². The maximum Gasteiger partial charge on any atom is 0.234 e. The summed E-state index contributed by atoms with van der Waals surface area (Å²) >= 11 is 0. The van der Waals surface area contributed by atoms with Crippen molar-refractivity contribution in [3.8, 4) is 57.1 Å². The van der Waals surface area contributed by atoms with Crippen LogP contribution in [0.2, 0.25) is 0 Å². The molecule has 0 N–H and O–H groups in total. The number of benzene rings is 4. The zero-order valence-corrected chi connectivity index (χ0v) is 26.5. The number of rotatable bonds is 8. The van der Waals surface area contributed by atoms with E-state index in [9.17, 15) is 0 Å². The summed E-state index contributed by atoms with van der Waals surface area (Å²) in [4.78, 5) is 22.7. The van der Waals surface area contributed by atoms with Gasteiger partial charge in [-0.3, -0.25) is 14.5 Å². The Morgan fingerprint density at radius 3 is 1.54 bits per heavy atom. The van der Waals surface area contributed by atoms with Gasteiger partial charge in [0.1, 0.15) is 23.0 Å². The maximum atomic E-state index is 6.43. The molecular weight excluding hydrogens is 622 g/mol. The average molecular weight is 650 g/mol. The van der Waals surface area contributed by atoms with Crippen molar-refractivity contribution >= 4 is 21.8 Å². The van der Waals surface area contributed by atoms with E-state index in [4.69, 9.17) is 19.4 Å². The molecule has 0 unspecified atom stereocenters. The first-order valence-electron chi connectivity index (χ1n) is 16.0. The van der Waals surface area contributed by atoms with Crippen molar-refractivity contribution in [2.24, 2.45) is 0 Å².